The standard InChI is InChI=1S/C20H13ClF4N2O4/c1-30-18(28)14-16(10-8-12(20(23,24)25)15(21)13(22)9-10)26-27(17(14)19(29)31-2)11-6-4-3-5-7-11/h3-9H,1-2H3. The molecule has 1 heterocycles. The molecular weight excluding hydrogens is 444 g/mol. The highest BCUT2D eigenvalue weighted by molar-refractivity contribution is 6.31. The summed E-state index contributed by atoms with van der Waals surface area (Å²) >= 11 is 5.49. The molecule has 0 N–H and O–H groups in total. The van der Waals surface area contributed by atoms with Crippen molar-refractivity contribution in [2.24, 2.45) is 0 Å². The number of carbonyl (C=O) groups is 2. The first-order valence-electron chi connectivity index (χ1n) is 8.51. The van der Waals surface area contributed by atoms with Gasteiger partial charge in [-0.2, -0.15) is 18.3 Å². The molecule has 0 atom stereocenters. The zero-order valence-corrected chi connectivity index (χ0v) is 16.7. The molecule has 0 radical (unpaired) electrons. The molecule has 0 fully saturated rings. The Kier molecular flexibility index (Phi) is 6.03. The average Bonchev–Trinajstić information content (AvgIpc) is 3.14. The maximum absolute atomic E-state index is 14.3. The summed E-state index contributed by atoms with van der Waals surface area (Å²) in [7, 11) is 2.06. The van der Waals surface area contributed by atoms with E-state index in [0.717, 1.165) is 18.9 Å². The number of esters is 2. The molecule has 3 aromatic rings. The summed E-state index contributed by atoms with van der Waals surface area (Å²) in [5.41, 5.74) is -2.92. The molecule has 0 bridgehead atoms. The normalized spacial score (nSPS) is 11.3. The van der Waals surface area contributed by atoms with Gasteiger partial charge in [-0.3, -0.25) is 0 Å². The van der Waals surface area contributed by atoms with Gasteiger partial charge in [0.25, 0.3) is 0 Å². The predicted molar refractivity (Wildman–Crippen MR) is 102 cm³/mol. The van der Waals surface area contributed by atoms with Gasteiger partial charge in [0, 0.05) is 5.56 Å². The molecule has 6 nitrogen and oxygen atoms in total. The lowest BCUT2D eigenvalue weighted by Gasteiger charge is -2.11. The summed E-state index contributed by atoms with van der Waals surface area (Å²) in [5.74, 6) is -3.47. The maximum Gasteiger partial charge on any atom is 0.417 e. The van der Waals surface area contributed by atoms with Crippen LogP contribution in [0.15, 0.2) is 42.5 Å². The highest BCUT2D eigenvalue weighted by Crippen LogP contribution is 2.40. The summed E-state index contributed by atoms with van der Waals surface area (Å²) < 4.78 is 64.7. The van der Waals surface area contributed by atoms with Crippen LogP contribution in [0.25, 0.3) is 16.9 Å². The van der Waals surface area contributed by atoms with E-state index in [-0.39, 0.29) is 0 Å². The van der Waals surface area contributed by atoms with Crippen molar-refractivity contribution in [1.29, 1.82) is 0 Å². The minimum atomic E-state index is -4.98. The van der Waals surface area contributed by atoms with Gasteiger partial charge in [-0.25, -0.2) is 18.7 Å². The second-order valence-corrected chi connectivity index (χ2v) is 6.50. The number of methoxy groups -OCH3 is 2. The second-order valence-electron chi connectivity index (χ2n) is 6.12. The number of aromatic nitrogens is 2. The van der Waals surface area contributed by atoms with Crippen LogP contribution in [-0.2, 0) is 15.7 Å². The van der Waals surface area contributed by atoms with Crippen molar-refractivity contribution in [2.45, 2.75) is 6.18 Å². The van der Waals surface area contributed by atoms with Gasteiger partial charge >= 0.3 is 18.1 Å². The van der Waals surface area contributed by atoms with Gasteiger partial charge in [0.15, 0.2) is 5.69 Å². The first-order valence-corrected chi connectivity index (χ1v) is 8.89. The van der Waals surface area contributed by atoms with Crippen molar-refractivity contribution in [1.82, 2.24) is 9.78 Å². The summed E-state index contributed by atoms with van der Waals surface area (Å²) in [5, 5.41) is 2.99. The maximum atomic E-state index is 14.3. The van der Waals surface area contributed by atoms with Crippen molar-refractivity contribution in [3.05, 3.63) is 70.1 Å². The van der Waals surface area contributed by atoms with E-state index in [9.17, 15) is 27.2 Å². The number of hydrogen-bond donors (Lipinski definition) is 0. The molecule has 0 aliphatic rings. The van der Waals surface area contributed by atoms with Crippen LogP contribution in [0.1, 0.15) is 26.4 Å². The molecule has 31 heavy (non-hydrogen) atoms. The second kappa shape index (κ2) is 8.38. The quantitative estimate of drug-likeness (QED) is 0.411. The van der Waals surface area contributed by atoms with Crippen LogP contribution < -0.4 is 0 Å². The highest BCUT2D eigenvalue weighted by atomic mass is 35.5. The zero-order valence-electron chi connectivity index (χ0n) is 16.0. The lowest BCUT2D eigenvalue weighted by atomic mass is 10.0. The number of halogens is 5. The summed E-state index contributed by atoms with van der Waals surface area (Å²) in [6.45, 7) is 0. The van der Waals surface area contributed by atoms with E-state index < -0.39 is 57.0 Å². The minimum Gasteiger partial charge on any atom is -0.465 e. The first-order chi connectivity index (χ1) is 14.6. The molecule has 0 aliphatic heterocycles. The molecule has 1 aromatic heterocycles. The number of hydrogen-bond acceptors (Lipinski definition) is 5. The van der Waals surface area contributed by atoms with Crippen LogP contribution in [0.5, 0.6) is 0 Å². The van der Waals surface area contributed by atoms with Crippen LogP contribution in [0.3, 0.4) is 0 Å². The number of nitrogens with zero attached hydrogens (tertiary/aromatic N) is 2. The number of benzene rings is 2. The van der Waals surface area contributed by atoms with Crippen molar-refractivity contribution >= 4 is 23.5 Å². The average molecular weight is 457 g/mol. The SMILES string of the molecule is COC(=O)c1c(-c2cc(F)c(Cl)c(C(F)(F)F)c2)nn(-c2ccccc2)c1C(=O)OC. The molecule has 0 spiro atoms. The van der Waals surface area contributed by atoms with E-state index in [0.29, 0.717) is 17.8 Å². The smallest absolute Gasteiger partial charge is 0.417 e. The molecule has 162 valence electrons. The van der Waals surface area contributed by atoms with E-state index in [1.54, 1.807) is 18.2 Å². The van der Waals surface area contributed by atoms with Gasteiger partial charge in [0.1, 0.15) is 17.1 Å². The van der Waals surface area contributed by atoms with Gasteiger partial charge in [-0.15, -0.1) is 0 Å². The van der Waals surface area contributed by atoms with E-state index in [2.05, 4.69) is 5.10 Å². The Morgan fingerprint density at radius 2 is 1.65 bits per heavy atom. The lowest BCUT2D eigenvalue weighted by Crippen LogP contribution is -2.15. The number of rotatable bonds is 4. The highest BCUT2D eigenvalue weighted by Gasteiger charge is 2.37. The predicted octanol–water partition coefficient (Wildman–Crippen LogP) is 4.92. The number of carbonyl (C=O) groups excluding carboxylic acids is 2. The van der Waals surface area contributed by atoms with E-state index in [1.165, 1.54) is 12.1 Å². The third kappa shape index (κ3) is 4.11. The Bertz CT molecular complexity index is 1160. The zero-order chi connectivity index (χ0) is 22.9. The van der Waals surface area contributed by atoms with Crippen molar-refractivity contribution in [3.8, 4) is 16.9 Å². The molecule has 11 heteroatoms. The van der Waals surface area contributed by atoms with Gasteiger partial charge < -0.3 is 9.47 Å². The largest absolute Gasteiger partial charge is 0.465 e. The van der Waals surface area contributed by atoms with Gasteiger partial charge in [-0.05, 0) is 24.3 Å². The van der Waals surface area contributed by atoms with Crippen LogP contribution >= 0.6 is 11.6 Å². The minimum absolute atomic E-state index is 0.296. The van der Waals surface area contributed by atoms with Crippen molar-refractivity contribution < 1.29 is 36.6 Å². The van der Waals surface area contributed by atoms with E-state index in [1.807, 2.05) is 0 Å². The molecule has 0 unspecified atom stereocenters. The van der Waals surface area contributed by atoms with Crippen LogP contribution in [0, 0.1) is 5.82 Å². The Labute approximate surface area is 177 Å². The van der Waals surface area contributed by atoms with Crippen LogP contribution in [0.4, 0.5) is 17.6 Å². The molecule has 0 saturated carbocycles. The Morgan fingerprint density at radius 3 is 2.19 bits per heavy atom. The number of alkyl halides is 3. The van der Waals surface area contributed by atoms with Crippen LogP contribution in [-0.4, -0.2) is 35.9 Å². The van der Waals surface area contributed by atoms with Gasteiger partial charge in [0.2, 0.25) is 0 Å². The van der Waals surface area contributed by atoms with Crippen LogP contribution in [0.2, 0.25) is 5.02 Å². The molecule has 3 rings (SSSR count). The first kappa shape index (κ1) is 22.3. The fraction of sp³-hybridized carbons (Fsp3) is 0.150. The molecule has 0 aliphatic carbocycles. The monoisotopic (exact) mass is 456 g/mol. The van der Waals surface area contributed by atoms with E-state index >= 15 is 0 Å². The van der Waals surface area contributed by atoms with Gasteiger partial charge in [0.05, 0.1) is 30.5 Å². The fourth-order valence-electron chi connectivity index (χ4n) is 2.89. The summed E-state index contributed by atoms with van der Waals surface area (Å²) in [4.78, 5) is 25.0. The van der Waals surface area contributed by atoms with E-state index in [4.69, 9.17) is 21.1 Å². The Hall–Kier alpha value is -3.40. The van der Waals surface area contributed by atoms with Crippen molar-refractivity contribution in [3.63, 3.8) is 0 Å². The fourth-order valence-corrected chi connectivity index (χ4v) is 3.11. The molecular formula is C20H13ClF4N2O4. The third-order valence-electron chi connectivity index (χ3n) is 4.26. The lowest BCUT2D eigenvalue weighted by molar-refractivity contribution is -0.137. The Balaban J connectivity index is 2.41. The topological polar surface area (TPSA) is 70.4 Å². The Morgan fingerprint density at radius 1 is 1.03 bits per heavy atom. The van der Waals surface area contributed by atoms with Crippen molar-refractivity contribution in [2.75, 3.05) is 14.2 Å². The summed E-state index contributed by atoms with van der Waals surface area (Å²) in [6, 6.07) is 9.19. The number of ether oxygens (including phenoxy) is 2. The molecule has 2 aromatic carbocycles. The number of para-hydroxylation sites is 1. The molecule has 0 amide bonds. The summed E-state index contributed by atoms with van der Waals surface area (Å²) in [6.07, 6.45) is -4.98. The third-order valence-corrected chi connectivity index (χ3v) is 4.65. The van der Waals surface area contributed by atoms with Gasteiger partial charge in [-0.1, -0.05) is 29.8 Å². The molecule has 0 saturated heterocycles.